The molecule has 0 saturated carbocycles. The van der Waals surface area contributed by atoms with E-state index in [0.29, 0.717) is 0 Å². The summed E-state index contributed by atoms with van der Waals surface area (Å²) in [7, 11) is -6.47. The van der Waals surface area contributed by atoms with E-state index in [4.69, 9.17) is 41.0 Å². The highest BCUT2D eigenvalue weighted by molar-refractivity contribution is 7.87. The largest absolute Gasteiger partial charge is 0.494 e. The summed E-state index contributed by atoms with van der Waals surface area (Å²) < 4.78 is 75.1. The topological polar surface area (TPSA) is 105 Å². The Bertz CT molecular complexity index is 1220. The van der Waals surface area contributed by atoms with Crippen molar-refractivity contribution in [3.05, 3.63) is 34.3 Å². The Morgan fingerprint density at radius 3 is 1.19 bits per heavy atom. The van der Waals surface area contributed by atoms with Gasteiger partial charge in [-0.15, -0.1) is 0 Å². The van der Waals surface area contributed by atoms with Crippen molar-refractivity contribution < 1.29 is 34.7 Å². The third kappa shape index (κ3) is 7.26. The third-order valence-corrected chi connectivity index (χ3v) is 7.88. The molecule has 0 aliphatic heterocycles. The summed E-state index contributed by atoms with van der Waals surface area (Å²) in [6, 6.07) is 5.52. The molecular weight excluding hydrogens is 551 g/mol. The van der Waals surface area contributed by atoms with E-state index in [1.165, 1.54) is 38.5 Å². The number of methoxy groups -OCH3 is 2. The first-order valence-corrected chi connectivity index (χ1v) is 14.4. The Labute approximate surface area is 224 Å². The van der Waals surface area contributed by atoms with Gasteiger partial charge in [0.25, 0.3) is 0 Å². The van der Waals surface area contributed by atoms with Gasteiger partial charge in [0.15, 0.2) is 11.5 Å². The monoisotopic (exact) mass is 582 g/mol. The summed E-state index contributed by atoms with van der Waals surface area (Å²) in [6.07, 6.45) is 0. The molecule has 0 aliphatic carbocycles. The standard InChI is InChI=1S/C24H32Cl2O8S2/c1-23(2,3)13-33-35(27,28)21-15(9-11-17(25)19(21)31-7)16-10-12-18(26)20(32-8)22(16)36(29,30)34-14-24(4,5)6/h9-12H,13-14H2,1-8H3. The van der Waals surface area contributed by atoms with Crippen LogP contribution in [0.25, 0.3) is 11.1 Å². The van der Waals surface area contributed by atoms with E-state index in [1.54, 1.807) is 41.5 Å². The molecule has 0 heterocycles. The van der Waals surface area contributed by atoms with Gasteiger partial charge >= 0.3 is 20.2 Å². The van der Waals surface area contributed by atoms with Gasteiger partial charge in [-0.05, 0) is 23.0 Å². The van der Waals surface area contributed by atoms with E-state index in [1.807, 2.05) is 0 Å². The van der Waals surface area contributed by atoms with Gasteiger partial charge in [0.05, 0.1) is 37.5 Å². The van der Waals surface area contributed by atoms with Crippen molar-refractivity contribution in [2.45, 2.75) is 51.3 Å². The van der Waals surface area contributed by atoms with E-state index in [0.717, 1.165) is 0 Å². The number of benzene rings is 2. The van der Waals surface area contributed by atoms with Gasteiger partial charge in [-0.25, -0.2) is 0 Å². The predicted octanol–water partition coefficient (Wildman–Crippen LogP) is 6.18. The molecule has 2 aromatic rings. The molecule has 0 radical (unpaired) electrons. The highest BCUT2D eigenvalue weighted by Gasteiger charge is 2.35. The van der Waals surface area contributed by atoms with Crippen molar-refractivity contribution in [3.8, 4) is 22.6 Å². The maximum Gasteiger partial charge on any atom is 0.301 e. The number of halogens is 2. The van der Waals surface area contributed by atoms with Crippen LogP contribution in [-0.2, 0) is 28.6 Å². The molecule has 0 aliphatic rings. The lowest BCUT2D eigenvalue weighted by atomic mass is 9.99. The van der Waals surface area contributed by atoms with Crippen LogP contribution in [0.2, 0.25) is 10.0 Å². The molecule has 0 unspecified atom stereocenters. The number of hydrogen-bond donors (Lipinski definition) is 0. The number of rotatable bonds is 9. The second-order valence-corrected chi connectivity index (χ2v) is 14.4. The van der Waals surface area contributed by atoms with Crippen LogP contribution in [0.1, 0.15) is 41.5 Å². The summed E-state index contributed by atoms with van der Waals surface area (Å²) in [6.45, 7) is 10.5. The molecule has 0 N–H and O–H groups in total. The molecule has 0 amide bonds. The minimum Gasteiger partial charge on any atom is -0.494 e. The molecule has 2 rings (SSSR count). The van der Waals surface area contributed by atoms with Crippen LogP contribution in [0.15, 0.2) is 34.1 Å². The van der Waals surface area contributed by atoms with Crippen LogP contribution in [0.3, 0.4) is 0 Å². The van der Waals surface area contributed by atoms with Crippen molar-refractivity contribution in [3.63, 3.8) is 0 Å². The zero-order valence-electron chi connectivity index (χ0n) is 21.6. The number of ether oxygens (including phenoxy) is 2. The molecular formula is C24H32Cl2O8S2. The van der Waals surface area contributed by atoms with Gasteiger partial charge in [0, 0.05) is 11.1 Å². The minimum absolute atomic E-state index is 0.00602. The molecule has 0 spiro atoms. The minimum atomic E-state index is -4.48. The highest BCUT2D eigenvalue weighted by atomic mass is 35.5. The van der Waals surface area contributed by atoms with Crippen LogP contribution < -0.4 is 9.47 Å². The Hall–Kier alpha value is -1.56. The molecule has 202 valence electrons. The Kier molecular flexibility index (Phi) is 9.41. The summed E-state index contributed by atoms with van der Waals surface area (Å²) in [5, 5.41) is -0.0120. The normalized spacial score (nSPS) is 13.1. The van der Waals surface area contributed by atoms with Crippen molar-refractivity contribution in [2.75, 3.05) is 27.4 Å². The van der Waals surface area contributed by atoms with Crippen molar-refractivity contribution >= 4 is 43.4 Å². The number of hydrogen-bond acceptors (Lipinski definition) is 8. The molecule has 0 saturated heterocycles. The van der Waals surface area contributed by atoms with Crippen LogP contribution in [0.5, 0.6) is 11.5 Å². The third-order valence-electron chi connectivity index (χ3n) is 4.62. The quantitative estimate of drug-likeness (QED) is 0.322. The molecule has 0 aromatic heterocycles. The zero-order chi connectivity index (χ0) is 27.7. The van der Waals surface area contributed by atoms with Gasteiger partial charge in [-0.3, -0.25) is 8.37 Å². The molecule has 8 nitrogen and oxygen atoms in total. The lowest BCUT2D eigenvalue weighted by Gasteiger charge is -2.22. The van der Waals surface area contributed by atoms with Crippen molar-refractivity contribution in [2.24, 2.45) is 10.8 Å². The average molecular weight is 584 g/mol. The fourth-order valence-corrected chi connectivity index (χ4v) is 6.57. The van der Waals surface area contributed by atoms with Gasteiger partial charge < -0.3 is 9.47 Å². The zero-order valence-corrected chi connectivity index (χ0v) is 24.7. The van der Waals surface area contributed by atoms with Gasteiger partial charge in [0.2, 0.25) is 0 Å². The lowest BCUT2D eigenvalue weighted by Crippen LogP contribution is -2.21. The Morgan fingerprint density at radius 2 is 0.944 bits per heavy atom. The van der Waals surface area contributed by atoms with E-state index in [2.05, 4.69) is 0 Å². The Balaban J connectivity index is 2.94. The van der Waals surface area contributed by atoms with Crippen LogP contribution >= 0.6 is 23.2 Å². The molecule has 36 heavy (non-hydrogen) atoms. The SMILES string of the molecule is COc1c(Cl)ccc(-c2ccc(Cl)c(OC)c2S(=O)(=O)OCC(C)(C)C)c1S(=O)(=O)OCC(C)(C)C. The predicted molar refractivity (Wildman–Crippen MR) is 140 cm³/mol. The summed E-state index contributed by atoms with van der Waals surface area (Å²) in [5.74, 6) is -0.396. The van der Waals surface area contributed by atoms with Gasteiger partial charge in [0.1, 0.15) is 9.79 Å². The summed E-state index contributed by atoms with van der Waals surface area (Å²) in [5.41, 5.74) is -1.06. The smallest absolute Gasteiger partial charge is 0.301 e. The Morgan fingerprint density at radius 1 is 0.639 bits per heavy atom. The first-order valence-electron chi connectivity index (χ1n) is 10.9. The fourth-order valence-electron chi connectivity index (χ4n) is 3.00. The fraction of sp³-hybridized carbons (Fsp3) is 0.500. The van der Waals surface area contributed by atoms with Crippen molar-refractivity contribution in [1.82, 2.24) is 0 Å². The lowest BCUT2D eigenvalue weighted by molar-refractivity contribution is 0.202. The van der Waals surface area contributed by atoms with Gasteiger partial charge in [-0.2, -0.15) is 16.8 Å². The molecule has 0 atom stereocenters. The average Bonchev–Trinajstić information content (AvgIpc) is 2.75. The summed E-state index contributed by atoms with van der Waals surface area (Å²) in [4.78, 5) is -0.864. The van der Waals surface area contributed by atoms with Crippen LogP contribution in [-0.4, -0.2) is 44.3 Å². The van der Waals surface area contributed by atoms with Gasteiger partial charge in [-0.1, -0.05) is 76.9 Å². The molecule has 2 aromatic carbocycles. The first-order chi connectivity index (χ1) is 16.3. The molecule has 12 heteroatoms. The molecule has 0 fully saturated rings. The van der Waals surface area contributed by atoms with E-state index >= 15 is 0 Å². The highest BCUT2D eigenvalue weighted by Crippen LogP contribution is 2.46. The maximum absolute atomic E-state index is 13.4. The van der Waals surface area contributed by atoms with Crippen LogP contribution in [0, 0.1) is 10.8 Å². The summed E-state index contributed by atoms with van der Waals surface area (Å²) >= 11 is 12.5. The van der Waals surface area contributed by atoms with E-state index in [-0.39, 0.29) is 45.9 Å². The van der Waals surface area contributed by atoms with Crippen molar-refractivity contribution in [1.29, 1.82) is 0 Å². The van der Waals surface area contributed by atoms with E-state index in [9.17, 15) is 16.8 Å². The van der Waals surface area contributed by atoms with Crippen LogP contribution in [0.4, 0.5) is 0 Å². The second kappa shape index (κ2) is 11.0. The molecule has 0 bridgehead atoms. The first kappa shape index (κ1) is 30.7. The maximum atomic E-state index is 13.4. The van der Waals surface area contributed by atoms with E-state index < -0.39 is 40.9 Å². The second-order valence-electron chi connectivity index (χ2n) is 10.5.